The van der Waals surface area contributed by atoms with Gasteiger partial charge in [-0.25, -0.2) is 0 Å². The summed E-state index contributed by atoms with van der Waals surface area (Å²) < 4.78 is 15.6. The Morgan fingerprint density at radius 1 is 1.11 bits per heavy atom. The van der Waals surface area contributed by atoms with E-state index in [1.807, 2.05) is 13.8 Å². The Bertz CT molecular complexity index is 245. The monoisotopic (exact) mass is 275 g/mol. The molecule has 114 valence electrons. The molecule has 0 rings (SSSR count). The Balaban J connectivity index is 3.61. The predicted molar refractivity (Wildman–Crippen MR) is 77.8 cm³/mol. The van der Waals surface area contributed by atoms with Gasteiger partial charge in [0.05, 0.1) is 18.8 Å². The molecule has 0 amide bonds. The minimum atomic E-state index is -0.207. The molecule has 0 bridgehead atoms. The lowest BCUT2D eigenvalue weighted by molar-refractivity contribution is 0.0268. The summed E-state index contributed by atoms with van der Waals surface area (Å²) in [5, 5.41) is 6.45. The van der Waals surface area contributed by atoms with Gasteiger partial charge in [0.15, 0.2) is 5.96 Å². The summed E-state index contributed by atoms with van der Waals surface area (Å²) in [7, 11) is 5.13. The van der Waals surface area contributed by atoms with Crippen LogP contribution in [0.3, 0.4) is 0 Å². The maximum Gasteiger partial charge on any atom is 0.191 e. The molecule has 6 heteroatoms. The quantitative estimate of drug-likeness (QED) is 0.348. The molecule has 6 nitrogen and oxygen atoms in total. The van der Waals surface area contributed by atoms with Crippen LogP contribution in [0, 0.1) is 0 Å². The van der Waals surface area contributed by atoms with Gasteiger partial charge in [-0.05, 0) is 20.3 Å². The van der Waals surface area contributed by atoms with Crippen molar-refractivity contribution in [2.75, 3.05) is 54.2 Å². The van der Waals surface area contributed by atoms with Crippen LogP contribution in [0.15, 0.2) is 4.99 Å². The van der Waals surface area contributed by atoms with Gasteiger partial charge in [-0.3, -0.25) is 4.99 Å². The molecule has 0 aliphatic heterocycles. The molecule has 0 aromatic heterocycles. The molecule has 0 atom stereocenters. The van der Waals surface area contributed by atoms with Crippen LogP contribution in [0.5, 0.6) is 0 Å². The van der Waals surface area contributed by atoms with Crippen molar-refractivity contribution >= 4 is 5.96 Å². The molecule has 2 N–H and O–H groups in total. The van der Waals surface area contributed by atoms with Crippen LogP contribution < -0.4 is 10.6 Å². The van der Waals surface area contributed by atoms with Crippen molar-refractivity contribution in [1.29, 1.82) is 0 Å². The molecule has 0 aliphatic rings. The fourth-order valence-corrected chi connectivity index (χ4v) is 1.21. The molecular formula is C13H29N3O3. The Kier molecular flexibility index (Phi) is 10.5. The van der Waals surface area contributed by atoms with Gasteiger partial charge in [0.25, 0.3) is 0 Å². The van der Waals surface area contributed by atoms with Crippen molar-refractivity contribution < 1.29 is 14.2 Å². The first-order valence-electron chi connectivity index (χ1n) is 6.62. The van der Waals surface area contributed by atoms with Crippen LogP contribution >= 0.6 is 0 Å². The van der Waals surface area contributed by atoms with Gasteiger partial charge in [-0.1, -0.05) is 0 Å². The lowest BCUT2D eigenvalue weighted by Gasteiger charge is -2.24. The first-order valence-corrected chi connectivity index (χ1v) is 6.62. The normalized spacial score (nSPS) is 12.6. The molecule has 0 heterocycles. The first-order chi connectivity index (χ1) is 9.05. The van der Waals surface area contributed by atoms with Gasteiger partial charge in [-0.15, -0.1) is 0 Å². The van der Waals surface area contributed by atoms with Gasteiger partial charge in [0.2, 0.25) is 0 Å². The summed E-state index contributed by atoms with van der Waals surface area (Å²) in [6, 6.07) is 0. The molecule has 0 unspecified atom stereocenters. The van der Waals surface area contributed by atoms with Crippen LogP contribution in [-0.4, -0.2) is 65.7 Å². The first kappa shape index (κ1) is 18.1. The zero-order valence-electron chi connectivity index (χ0n) is 12.9. The number of aliphatic imine (C=N–C) groups is 1. The van der Waals surface area contributed by atoms with E-state index in [-0.39, 0.29) is 5.60 Å². The number of nitrogens with one attached hydrogen (secondary N) is 2. The fourth-order valence-electron chi connectivity index (χ4n) is 1.21. The lowest BCUT2D eigenvalue weighted by atomic mass is 10.1. The van der Waals surface area contributed by atoms with E-state index in [0.717, 1.165) is 25.5 Å². The number of ether oxygens (including phenoxy) is 3. The van der Waals surface area contributed by atoms with E-state index in [0.29, 0.717) is 19.8 Å². The van der Waals surface area contributed by atoms with Crippen molar-refractivity contribution in [1.82, 2.24) is 10.6 Å². The third kappa shape index (κ3) is 10.7. The van der Waals surface area contributed by atoms with Gasteiger partial charge >= 0.3 is 0 Å². The summed E-state index contributed by atoms with van der Waals surface area (Å²) in [6.45, 7) is 7.58. The highest BCUT2D eigenvalue weighted by Gasteiger charge is 2.16. The van der Waals surface area contributed by atoms with Gasteiger partial charge in [0.1, 0.15) is 0 Å². The van der Waals surface area contributed by atoms with Crippen LogP contribution in [0.25, 0.3) is 0 Å². The van der Waals surface area contributed by atoms with Crippen LogP contribution in [0.4, 0.5) is 0 Å². The van der Waals surface area contributed by atoms with Crippen LogP contribution in [0.1, 0.15) is 20.3 Å². The average Bonchev–Trinajstić information content (AvgIpc) is 2.41. The predicted octanol–water partition coefficient (Wildman–Crippen LogP) is 0.630. The molecule has 0 fully saturated rings. The van der Waals surface area contributed by atoms with Crippen LogP contribution in [0.2, 0.25) is 0 Å². The van der Waals surface area contributed by atoms with Gasteiger partial charge in [0, 0.05) is 41.0 Å². The van der Waals surface area contributed by atoms with E-state index in [4.69, 9.17) is 14.2 Å². The molecular weight excluding hydrogens is 246 g/mol. The summed E-state index contributed by atoms with van der Waals surface area (Å²) in [6.07, 6.45) is 0.929. The van der Waals surface area contributed by atoms with E-state index in [1.165, 1.54) is 0 Å². The summed E-state index contributed by atoms with van der Waals surface area (Å²) in [4.78, 5) is 4.15. The van der Waals surface area contributed by atoms with Gasteiger partial charge in [-0.2, -0.15) is 0 Å². The highest BCUT2D eigenvalue weighted by molar-refractivity contribution is 5.79. The molecule has 0 aliphatic carbocycles. The number of rotatable bonds is 10. The molecule has 0 saturated carbocycles. The van der Waals surface area contributed by atoms with Gasteiger partial charge < -0.3 is 24.8 Å². The topological polar surface area (TPSA) is 64.1 Å². The Labute approximate surface area is 116 Å². The zero-order chi connectivity index (χ0) is 14.6. The van der Waals surface area contributed by atoms with Crippen molar-refractivity contribution in [3.8, 4) is 0 Å². The van der Waals surface area contributed by atoms with E-state index < -0.39 is 0 Å². The molecule has 19 heavy (non-hydrogen) atoms. The maximum atomic E-state index is 5.38. The van der Waals surface area contributed by atoms with E-state index in [1.54, 1.807) is 21.3 Å². The Morgan fingerprint density at radius 2 is 1.84 bits per heavy atom. The number of nitrogens with zero attached hydrogens (tertiary/aromatic N) is 1. The van der Waals surface area contributed by atoms with Crippen LogP contribution in [-0.2, 0) is 14.2 Å². The number of hydrogen-bond donors (Lipinski definition) is 2. The second-order valence-corrected chi connectivity index (χ2v) is 4.78. The molecule has 0 spiro atoms. The van der Waals surface area contributed by atoms with Crippen molar-refractivity contribution in [2.24, 2.45) is 4.99 Å². The zero-order valence-corrected chi connectivity index (χ0v) is 12.9. The number of methoxy groups -OCH3 is 2. The third-order valence-corrected chi connectivity index (χ3v) is 2.65. The molecule has 0 saturated heterocycles. The van der Waals surface area contributed by atoms with Crippen molar-refractivity contribution in [2.45, 2.75) is 25.9 Å². The highest BCUT2D eigenvalue weighted by Crippen LogP contribution is 2.04. The molecule has 0 aromatic carbocycles. The fraction of sp³-hybridized carbons (Fsp3) is 0.923. The smallest absolute Gasteiger partial charge is 0.191 e. The molecule has 0 aromatic rings. The lowest BCUT2D eigenvalue weighted by Crippen LogP contribution is -2.45. The number of hydrogen-bond acceptors (Lipinski definition) is 4. The minimum Gasteiger partial charge on any atom is -0.382 e. The van der Waals surface area contributed by atoms with E-state index >= 15 is 0 Å². The average molecular weight is 275 g/mol. The minimum absolute atomic E-state index is 0.207. The van der Waals surface area contributed by atoms with Crippen molar-refractivity contribution in [3.63, 3.8) is 0 Å². The van der Waals surface area contributed by atoms with E-state index in [9.17, 15) is 0 Å². The molecule has 0 radical (unpaired) electrons. The third-order valence-electron chi connectivity index (χ3n) is 2.65. The SMILES string of the molecule is CN=C(NCCCOCCOC)NCC(C)(C)OC. The summed E-state index contributed by atoms with van der Waals surface area (Å²) in [5.74, 6) is 0.780. The summed E-state index contributed by atoms with van der Waals surface area (Å²) >= 11 is 0. The standard InChI is InChI=1S/C13H29N3O3/c1-13(2,18-5)11-16-12(14-3)15-7-6-8-19-10-9-17-4/h6-11H2,1-5H3,(H2,14,15,16). The summed E-state index contributed by atoms with van der Waals surface area (Å²) in [5.41, 5.74) is -0.207. The van der Waals surface area contributed by atoms with Crippen molar-refractivity contribution in [3.05, 3.63) is 0 Å². The number of guanidine groups is 1. The second kappa shape index (κ2) is 11.0. The Morgan fingerprint density at radius 3 is 2.42 bits per heavy atom. The largest absolute Gasteiger partial charge is 0.382 e. The maximum absolute atomic E-state index is 5.38. The second-order valence-electron chi connectivity index (χ2n) is 4.78. The van der Waals surface area contributed by atoms with E-state index in [2.05, 4.69) is 15.6 Å². The highest BCUT2D eigenvalue weighted by atomic mass is 16.5. The Hall–Kier alpha value is -0.850.